The van der Waals surface area contributed by atoms with Gasteiger partial charge in [0.25, 0.3) is 0 Å². The first-order valence-electron chi connectivity index (χ1n) is 19.9. The minimum Gasteiger partial charge on any atom is -0.456 e. The summed E-state index contributed by atoms with van der Waals surface area (Å²) in [6.07, 6.45) is 0. The molecule has 0 bridgehead atoms. The molecule has 1 aliphatic carbocycles. The van der Waals surface area contributed by atoms with Crippen LogP contribution in [0, 0.1) is 0 Å². The zero-order valence-corrected chi connectivity index (χ0v) is 32.0. The van der Waals surface area contributed by atoms with Crippen LogP contribution >= 0.6 is 0 Å². The molecule has 58 heavy (non-hydrogen) atoms. The molecular formula is C54H35N3O. The van der Waals surface area contributed by atoms with Gasteiger partial charge in [-0.05, 0) is 90.0 Å². The monoisotopic (exact) mass is 741 g/mol. The highest BCUT2D eigenvalue weighted by Crippen LogP contribution is 2.52. The summed E-state index contributed by atoms with van der Waals surface area (Å²) in [5.41, 5.74) is 12.0. The van der Waals surface area contributed by atoms with E-state index < -0.39 is 0 Å². The zero-order valence-electron chi connectivity index (χ0n) is 32.0. The van der Waals surface area contributed by atoms with Crippen molar-refractivity contribution in [2.24, 2.45) is 0 Å². The minimum atomic E-state index is -0.0986. The number of fused-ring (bicyclic) bond motifs is 12. The SMILES string of the molecule is CC1(C)c2ccccc2-c2ccc3c(ccc4ccc5cc(-c6nc(-c7cccc(-c8ccccc8)c7)nc(-c7cccc8oc9ccccc9c78)n6)ccc5c43)c21. The van der Waals surface area contributed by atoms with Crippen molar-refractivity contribution in [2.45, 2.75) is 19.3 Å². The number of furan rings is 1. The molecular weight excluding hydrogens is 707 g/mol. The van der Waals surface area contributed by atoms with E-state index in [0.717, 1.165) is 55.1 Å². The second-order valence-electron chi connectivity index (χ2n) is 15.9. The number of para-hydroxylation sites is 1. The second kappa shape index (κ2) is 12.3. The number of aromatic nitrogens is 3. The first kappa shape index (κ1) is 32.8. The normalized spacial score (nSPS) is 13.1. The van der Waals surface area contributed by atoms with Crippen LogP contribution in [0.2, 0.25) is 0 Å². The molecule has 0 amide bonds. The van der Waals surface area contributed by atoms with Crippen LogP contribution < -0.4 is 0 Å². The van der Waals surface area contributed by atoms with Crippen molar-refractivity contribution in [2.75, 3.05) is 0 Å². The van der Waals surface area contributed by atoms with E-state index in [4.69, 9.17) is 19.4 Å². The Hall–Kier alpha value is -7.43. The van der Waals surface area contributed by atoms with Gasteiger partial charge in [-0.1, -0.05) is 166 Å². The third-order valence-corrected chi connectivity index (χ3v) is 12.3. The Kier molecular flexibility index (Phi) is 6.94. The maximum Gasteiger partial charge on any atom is 0.164 e. The fourth-order valence-electron chi connectivity index (χ4n) is 9.59. The number of hydrogen-bond donors (Lipinski definition) is 0. The Bertz CT molecular complexity index is 3490. The topological polar surface area (TPSA) is 51.8 Å². The van der Waals surface area contributed by atoms with Gasteiger partial charge in [-0.3, -0.25) is 0 Å². The van der Waals surface area contributed by atoms with E-state index in [1.807, 2.05) is 36.4 Å². The van der Waals surface area contributed by atoms with Crippen molar-refractivity contribution in [3.63, 3.8) is 0 Å². The summed E-state index contributed by atoms with van der Waals surface area (Å²) in [5.74, 6) is 1.83. The van der Waals surface area contributed by atoms with Crippen molar-refractivity contribution in [3.8, 4) is 56.4 Å². The molecule has 0 aliphatic heterocycles. The molecule has 4 nitrogen and oxygen atoms in total. The Balaban J connectivity index is 1.06. The molecule has 12 rings (SSSR count). The van der Waals surface area contributed by atoms with Crippen molar-refractivity contribution in [1.82, 2.24) is 15.0 Å². The summed E-state index contributed by atoms with van der Waals surface area (Å²) in [6.45, 7) is 4.72. The van der Waals surface area contributed by atoms with Gasteiger partial charge in [0, 0.05) is 32.9 Å². The average Bonchev–Trinajstić information content (AvgIpc) is 3.78. The van der Waals surface area contributed by atoms with Gasteiger partial charge in [0.1, 0.15) is 11.2 Å². The maximum atomic E-state index is 6.30. The first-order chi connectivity index (χ1) is 28.5. The molecule has 0 fully saturated rings. The van der Waals surface area contributed by atoms with Crippen molar-refractivity contribution >= 4 is 54.3 Å². The molecule has 0 radical (unpaired) electrons. The standard InChI is InChI=1S/C54H35N3O/c1-54(2)45-19-8-6-16-39(45)41-29-28-40-42(50(41)54)27-24-33-22-23-35-31-37(25-26-38(35)48(33)40)52-55-51(36-15-10-14-34(30-36)32-12-4-3-5-13-32)56-53(57-52)44-18-11-21-47-49(44)43-17-7-9-20-46(43)58-47/h3-31H,1-2H3. The molecule has 1 aliphatic rings. The lowest BCUT2D eigenvalue weighted by Gasteiger charge is -2.23. The smallest absolute Gasteiger partial charge is 0.164 e. The maximum absolute atomic E-state index is 6.30. The van der Waals surface area contributed by atoms with Gasteiger partial charge >= 0.3 is 0 Å². The van der Waals surface area contributed by atoms with Crippen LogP contribution in [0.25, 0.3) is 111 Å². The quantitative estimate of drug-likeness (QED) is 0.169. The number of nitrogens with zero attached hydrogens (tertiary/aromatic N) is 3. The molecule has 0 saturated heterocycles. The molecule has 2 aromatic heterocycles. The molecule has 0 N–H and O–H groups in total. The van der Waals surface area contributed by atoms with Crippen LogP contribution in [0.4, 0.5) is 0 Å². The molecule has 0 atom stereocenters. The summed E-state index contributed by atoms with van der Waals surface area (Å²) in [4.78, 5) is 15.7. The largest absolute Gasteiger partial charge is 0.456 e. The Morgan fingerprint density at radius 2 is 1.02 bits per heavy atom. The molecule has 9 aromatic carbocycles. The highest BCUT2D eigenvalue weighted by atomic mass is 16.3. The van der Waals surface area contributed by atoms with Gasteiger partial charge in [0.15, 0.2) is 17.5 Å². The average molecular weight is 742 g/mol. The summed E-state index contributed by atoms with van der Waals surface area (Å²) < 4.78 is 6.30. The predicted octanol–water partition coefficient (Wildman–Crippen LogP) is 14.2. The van der Waals surface area contributed by atoms with E-state index in [0.29, 0.717) is 17.5 Å². The molecule has 0 unspecified atom stereocenters. The Morgan fingerprint density at radius 1 is 0.379 bits per heavy atom. The van der Waals surface area contributed by atoms with Crippen molar-refractivity contribution in [3.05, 3.63) is 187 Å². The molecule has 0 saturated carbocycles. The van der Waals surface area contributed by atoms with Crippen LogP contribution in [-0.2, 0) is 5.41 Å². The van der Waals surface area contributed by atoms with Gasteiger partial charge in [0.05, 0.1) is 0 Å². The van der Waals surface area contributed by atoms with Crippen LogP contribution in [0.5, 0.6) is 0 Å². The van der Waals surface area contributed by atoms with E-state index in [-0.39, 0.29) is 5.41 Å². The number of benzene rings is 9. The van der Waals surface area contributed by atoms with Crippen LogP contribution in [-0.4, -0.2) is 15.0 Å². The Morgan fingerprint density at radius 3 is 1.91 bits per heavy atom. The first-order valence-corrected chi connectivity index (χ1v) is 19.9. The van der Waals surface area contributed by atoms with E-state index in [9.17, 15) is 0 Å². The number of hydrogen-bond acceptors (Lipinski definition) is 4. The van der Waals surface area contributed by atoms with Crippen LogP contribution in [0.1, 0.15) is 25.0 Å². The van der Waals surface area contributed by atoms with Gasteiger partial charge in [-0.2, -0.15) is 0 Å². The lowest BCUT2D eigenvalue weighted by atomic mass is 9.79. The third-order valence-electron chi connectivity index (χ3n) is 12.3. The molecule has 11 aromatic rings. The van der Waals surface area contributed by atoms with Crippen LogP contribution in [0.3, 0.4) is 0 Å². The second-order valence-corrected chi connectivity index (χ2v) is 15.9. The fraction of sp³-hybridized carbons (Fsp3) is 0.0556. The lowest BCUT2D eigenvalue weighted by Crippen LogP contribution is -2.15. The Labute approximate surface area is 335 Å². The highest BCUT2D eigenvalue weighted by molar-refractivity contribution is 6.22. The molecule has 0 spiro atoms. The van der Waals surface area contributed by atoms with Gasteiger partial charge in [-0.25, -0.2) is 15.0 Å². The zero-order chi connectivity index (χ0) is 38.5. The summed E-state index contributed by atoms with van der Waals surface area (Å²) in [6, 6.07) is 62.4. The molecule has 4 heteroatoms. The molecule has 2 heterocycles. The fourth-order valence-corrected chi connectivity index (χ4v) is 9.59. The summed E-state index contributed by atoms with van der Waals surface area (Å²) >= 11 is 0. The molecule has 272 valence electrons. The summed E-state index contributed by atoms with van der Waals surface area (Å²) in [5, 5.41) is 9.46. The van der Waals surface area contributed by atoms with Gasteiger partial charge in [-0.15, -0.1) is 0 Å². The highest BCUT2D eigenvalue weighted by Gasteiger charge is 2.36. The number of rotatable bonds is 4. The predicted molar refractivity (Wildman–Crippen MR) is 239 cm³/mol. The van der Waals surface area contributed by atoms with Crippen molar-refractivity contribution in [1.29, 1.82) is 0 Å². The third kappa shape index (κ3) is 4.85. The lowest BCUT2D eigenvalue weighted by molar-refractivity contribution is 0.666. The van der Waals surface area contributed by atoms with Gasteiger partial charge < -0.3 is 4.42 Å². The van der Waals surface area contributed by atoms with E-state index in [2.05, 4.69) is 153 Å². The van der Waals surface area contributed by atoms with Crippen molar-refractivity contribution < 1.29 is 4.42 Å². The minimum absolute atomic E-state index is 0.0986. The van der Waals surface area contributed by atoms with E-state index >= 15 is 0 Å². The summed E-state index contributed by atoms with van der Waals surface area (Å²) in [7, 11) is 0. The van der Waals surface area contributed by atoms with E-state index in [1.54, 1.807) is 0 Å². The van der Waals surface area contributed by atoms with Gasteiger partial charge in [0.2, 0.25) is 0 Å². The van der Waals surface area contributed by atoms with E-state index in [1.165, 1.54) is 49.2 Å². The van der Waals surface area contributed by atoms with Crippen LogP contribution in [0.15, 0.2) is 180 Å².